The molecule has 1 atom stereocenters. The molecule has 0 bridgehead atoms. The van der Waals surface area contributed by atoms with Crippen molar-refractivity contribution in [3.63, 3.8) is 0 Å². The Morgan fingerprint density at radius 2 is 1.80 bits per heavy atom. The van der Waals surface area contributed by atoms with Gasteiger partial charge < -0.3 is 0 Å². The fourth-order valence-electron chi connectivity index (χ4n) is 2.06. The highest BCUT2D eigenvalue weighted by atomic mass is 15.2. The fraction of sp³-hybridized carbons (Fsp3) is 0.538. The van der Waals surface area contributed by atoms with Gasteiger partial charge in [-0.3, -0.25) is 11.3 Å². The smallest absolute Gasteiger partial charge is 0.0250 e. The van der Waals surface area contributed by atoms with Crippen LogP contribution >= 0.6 is 0 Å². The molecule has 15 heavy (non-hydrogen) atoms. The molecule has 0 saturated carbocycles. The molecule has 84 valence electrons. The van der Waals surface area contributed by atoms with E-state index in [-0.39, 0.29) is 0 Å². The van der Waals surface area contributed by atoms with Crippen molar-refractivity contribution in [1.29, 1.82) is 0 Å². The topological polar surface area (TPSA) is 38.0 Å². The highest BCUT2D eigenvalue weighted by Gasteiger charge is 2.06. The molecule has 0 heterocycles. The molecule has 1 rings (SSSR count). The third-order valence-corrected chi connectivity index (χ3v) is 2.64. The summed E-state index contributed by atoms with van der Waals surface area (Å²) in [4.78, 5) is 0. The Bertz CT molecular complexity index is 287. The molecule has 0 radical (unpaired) electrons. The molecule has 0 aliphatic heterocycles. The summed E-state index contributed by atoms with van der Waals surface area (Å²) in [5.74, 6) is 5.53. The third kappa shape index (κ3) is 4.02. The quantitative estimate of drug-likeness (QED) is 0.574. The minimum atomic E-state index is 0.399. The maximum Gasteiger partial charge on any atom is 0.0250 e. The Kier molecular flexibility index (Phi) is 4.79. The van der Waals surface area contributed by atoms with Gasteiger partial charge in [0.15, 0.2) is 0 Å². The van der Waals surface area contributed by atoms with Crippen molar-refractivity contribution >= 4 is 0 Å². The number of aryl methyl sites for hydroxylation is 2. The summed E-state index contributed by atoms with van der Waals surface area (Å²) in [6.07, 6.45) is 3.32. The van der Waals surface area contributed by atoms with Gasteiger partial charge in [-0.15, -0.1) is 0 Å². The fourth-order valence-corrected chi connectivity index (χ4v) is 2.06. The van der Waals surface area contributed by atoms with E-state index in [2.05, 4.69) is 44.4 Å². The number of nitrogens with two attached hydrogens (primary N) is 1. The van der Waals surface area contributed by atoms with Gasteiger partial charge >= 0.3 is 0 Å². The summed E-state index contributed by atoms with van der Waals surface area (Å²) in [6.45, 7) is 6.47. The van der Waals surface area contributed by atoms with Crippen molar-refractivity contribution in [2.24, 2.45) is 5.84 Å². The first-order chi connectivity index (χ1) is 7.15. The van der Waals surface area contributed by atoms with Crippen LogP contribution in [0.3, 0.4) is 0 Å². The number of hydrogen-bond donors (Lipinski definition) is 2. The Balaban J connectivity index is 2.69. The lowest BCUT2D eigenvalue weighted by molar-refractivity contribution is 0.486. The van der Waals surface area contributed by atoms with Crippen LogP contribution in [0.2, 0.25) is 0 Å². The number of hydrogen-bond acceptors (Lipinski definition) is 2. The van der Waals surface area contributed by atoms with E-state index >= 15 is 0 Å². The summed E-state index contributed by atoms with van der Waals surface area (Å²) in [7, 11) is 0. The van der Waals surface area contributed by atoms with Gasteiger partial charge in [0, 0.05) is 6.04 Å². The molecule has 2 nitrogen and oxygen atoms in total. The number of rotatable bonds is 5. The van der Waals surface area contributed by atoms with Crippen LogP contribution in [-0.4, -0.2) is 6.04 Å². The summed E-state index contributed by atoms with van der Waals surface area (Å²) < 4.78 is 0. The van der Waals surface area contributed by atoms with E-state index in [0.29, 0.717) is 6.04 Å². The third-order valence-electron chi connectivity index (χ3n) is 2.64. The zero-order chi connectivity index (χ0) is 11.3. The van der Waals surface area contributed by atoms with Crippen LogP contribution in [-0.2, 0) is 6.42 Å². The van der Waals surface area contributed by atoms with Crippen LogP contribution in [0.1, 0.15) is 36.5 Å². The molecule has 1 aromatic rings. The number of nitrogens with one attached hydrogen (secondary N) is 1. The lowest BCUT2D eigenvalue weighted by Gasteiger charge is -2.15. The minimum absolute atomic E-state index is 0.399. The van der Waals surface area contributed by atoms with Gasteiger partial charge in [0.25, 0.3) is 0 Å². The van der Waals surface area contributed by atoms with Gasteiger partial charge in [0.2, 0.25) is 0 Å². The van der Waals surface area contributed by atoms with E-state index in [1.807, 2.05) is 0 Å². The highest BCUT2D eigenvalue weighted by molar-refractivity contribution is 5.29. The first kappa shape index (κ1) is 12.2. The van der Waals surface area contributed by atoms with E-state index in [0.717, 1.165) is 12.8 Å². The largest absolute Gasteiger partial charge is 0.271 e. The molecule has 0 saturated heterocycles. The van der Waals surface area contributed by atoms with Crippen LogP contribution in [0, 0.1) is 13.8 Å². The van der Waals surface area contributed by atoms with Crippen molar-refractivity contribution in [1.82, 2.24) is 5.43 Å². The molecular weight excluding hydrogens is 184 g/mol. The average Bonchev–Trinajstić information content (AvgIpc) is 2.15. The monoisotopic (exact) mass is 206 g/mol. The van der Waals surface area contributed by atoms with Crippen LogP contribution in [0.5, 0.6) is 0 Å². The molecule has 0 aliphatic rings. The lowest BCUT2D eigenvalue weighted by atomic mass is 9.99. The van der Waals surface area contributed by atoms with Gasteiger partial charge in [-0.2, -0.15) is 0 Å². The Labute approximate surface area is 92.8 Å². The molecular formula is C13H22N2. The van der Waals surface area contributed by atoms with Crippen molar-refractivity contribution < 1.29 is 0 Å². The highest BCUT2D eigenvalue weighted by Crippen LogP contribution is 2.12. The van der Waals surface area contributed by atoms with E-state index < -0.39 is 0 Å². The van der Waals surface area contributed by atoms with Crippen molar-refractivity contribution in [2.75, 3.05) is 0 Å². The second-order valence-electron chi connectivity index (χ2n) is 4.35. The van der Waals surface area contributed by atoms with Crippen molar-refractivity contribution in [3.8, 4) is 0 Å². The van der Waals surface area contributed by atoms with Gasteiger partial charge in [0.1, 0.15) is 0 Å². The predicted octanol–water partition coefficient (Wildman–Crippen LogP) is 2.48. The molecule has 0 spiro atoms. The van der Waals surface area contributed by atoms with Crippen LogP contribution in [0.4, 0.5) is 0 Å². The van der Waals surface area contributed by atoms with Gasteiger partial charge in [-0.05, 0) is 32.3 Å². The minimum Gasteiger partial charge on any atom is -0.271 e. The van der Waals surface area contributed by atoms with Crippen molar-refractivity contribution in [2.45, 2.75) is 46.1 Å². The second-order valence-corrected chi connectivity index (χ2v) is 4.35. The summed E-state index contributed by atoms with van der Waals surface area (Å²) in [6, 6.07) is 7.09. The molecule has 0 amide bonds. The molecule has 0 aromatic heterocycles. The van der Waals surface area contributed by atoms with Crippen LogP contribution in [0.25, 0.3) is 0 Å². The normalized spacial score (nSPS) is 12.8. The number of hydrazine groups is 1. The van der Waals surface area contributed by atoms with Gasteiger partial charge in [-0.25, -0.2) is 0 Å². The standard InChI is InChI=1S/C13H22N2/c1-4-5-13(15-14)9-12-7-10(2)6-11(3)8-12/h6-8,13,15H,4-5,9,14H2,1-3H3. The molecule has 1 aromatic carbocycles. The summed E-state index contributed by atoms with van der Waals surface area (Å²) >= 11 is 0. The Morgan fingerprint density at radius 3 is 2.27 bits per heavy atom. The average molecular weight is 206 g/mol. The summed E-state index contributed by atoms with van der Waals surface area (Å²) in [5, 5.41) is 0. The summed E-state index contributed by atoms with van der Waals surface area (Å²) in [5.41, 5.74) is 6.93. The lowest BCUT2D eigenvalue weighted by Crippen LogP contribution is -2.36. The molecule has 0 aliphatic carbocycles. The molecule has 3 N–H and O–H groups in total. The second kappa shape index (κ2) is 5.89. The maximum absolute atomic E-state index is 5.53. The number of benzene rings is 1. The first-order valence-electron chi connectivity index (χ1n) is 5.69. The van der Waals surface area contributed by atoms with Crippen molar-refractivity contribution in [3.05, 3.63) is 34.9 Å². The van der Waals surface area contributed by atoms with Crippen LogP contribution in [0.15, 0.2) is 18.2 Å². The van der Waals surface area contributed by atoms with Crippen LogP contribution < -0.4 is 11.3 Å². The SMILES string of the molecule is CCCC(Cc1cc(C)cc(C)c1)NN. The zero-order valence-electron chi connectivity index (χ0n) is 10.0. The van der Waals surface area contributed by atoms with E-state index in [4.69, 9.17) is 5.84 Å². The Hall–Kier alpha value is -0.860. The molecule has 1 unspecified atom stereocenters. The predicted molar refractivity (Wildman–Crippen MR) is 65.6 cm³/mol. The van der Waals surface area contributed by atoms with E-state index in [1.54, 1.807) is 0 Å². The molecule has 2 heteroatoms. The van der Waals surface area contributed by atoms with E-state index in [1.165, 1.54) is 23.1 Å². The zero-order valence-corrected chi connectivity index (χ0v) is 10.0. The van der Waals surface area contributed by atoms with Gasteiger partial charge in [0.05, 0.1) is 0 Å². The maximum atomic E-state index is 5.53. The molecule has 0 fully saturated rings. The Morgan fingerprint density at radius 1 is 1.20 bits per heavy atom. The first-order valence-corrected chi connectivity index (χ1v) is 5.69. The van der Waals surface area contributed by atoms with Gasteiger partial charge in [-0.1, -0.05) is 42.7 Å². The van der Waals surface area contributed by atoms with E-state index in [9.17, 15) is 0 Å².